The molecule has 0 saturated carbocycles. The Balaban J connectivity index is 2.20. The van der Waals surface area contributed by atoms with Gasteiger partial charge in [0.25, 0.3) is 5.69 Å². The number of hydrogen-bond donors (Lipinski definition) is 0. The molecule has 0 saturated heterocycles. The molecule has 0 unspecified atom stereocenters. The van der Waals surface area contributed by atoms with E-state index in [-0.39, 0.29) is 33.8 Å². The van der Waals surface area contributed by atoms with Gasteiger partial charge in [-0.2, -0.15) is 13.2 Å². The quantitative estimate of drug-likeness (QED) is 0.457. The van der Waals surface area contributed by atoms with Crippen molar-refractivity contribution in [2.45, 2.75) is 13.1 Å². The van der Waals surface area contributed by atoms with Gasteiger partial charge in [0.15, 0.2) is 17.0 Å². The van der Waals surface area contributed by atoms with Crippen LogP contribution in [0.4, 0.5) is 18.9 Å². The molecule has 27 heavy (non-hydrogen) atoms. The highest BCUT2D eigenvalue weighted by Crippen LogP contribution is 2.43. The Kier molecular flexibility index (Phi) is 4.61. The molecular weight excluding hydrogens is 365 g/mol. The number of nitro benzene ring substituents is 1. The summed E-state index contributed by atoms with van der Waals surface area (Å²) in [6.45, 7) is 1.67. The molecular formula is C18H13F3N2O4. The number of rotatable bonds is 4. The third-order valence-corrected chi connectivity index (χ3v) is 3.81. The average molecular weight is 378 g/mol. The van der Waals surface area contributed by atoms with Crippen molar-refractivity contribution in [1.82, 2.24) is 4.98 Å². The normalized spacial score (nSPS) is 11.4. The van der Waals surface area contributed by atoms with Crippen LogP contribution in [0, 0.1) is 17.0 Å². The molecule has 0 spiro atoms. The lowest BCUT2D eigenvalue weighted by Gasteiger charge is -2.15. The van der Waals surface area contributed by atoms with Crippen LogP contribution in [-0.2, 0) is 6.18 Å². The van der Waals surface area contributed by atoms with Crippen LogP contribution in [0.1, 0.15) is 11.3 Å². The Morgan fingerprint density at radius 1 is 1.15 bits per heavy atom. The summed E-state index contributed by atoms with van der Waals surface area (Å²) in [6, 6.07) is 8.62. The van der Waals surface area contributed by atoms with E-state index in [1.54, 1.807) is 19.1 Å². The van der Waals surface area contributed by atoms with Crippen LogP contribution < -0.4 is 9.47 Å². The van der Waals surface area contributed by atoms with Crippen molar-refractivity contribution < 1.29 is 27.6 Å². The summed E-state index contributed by atoms with van der Waals surface area (Å²) < 4.78 is 49.6. The minimum absolute atomic E-state index is 0.0114. The summed E-state index contributed by atoms with van der Waals surface area (Å²) in [6.07, 6.45) is -4.53. The van der Waals surface area contributed by atoms with Gasteiger partial charge in [-0.1, -0.05) is 6.07 Å². The molecule has 2 aromatic carbocycles. The Morgan fingerprint density at radius 3 is 2.52 bits per heavy atom. The van der Waals surface area contributed by atoms with E-state index in [0.29, 0.717) is 5.69 Å². The van der Waals surface area contributed by atoms with Gasteiger partial charge < -0.3 is 9.47 Å². The van der Waals surface area contributed by atoms with Gasteiger partial charge >= 0.3 is 6.18 Å². The first kappa shape index (κ1) is 18.4. The predicted molar refractivity (Wildman–Crippen MR) is 91.2 cm³/mol. The molecule has 0 aliphatic rings. The van der Waals surface area contributed by atoms with Crippen LogP contribution in [0.5, 0.6) is 17.2 Å². The Hall–Kier alpha value is -3.36. The van der Waals surface area contributed by atoms with Crippen LogP contribution >= 0.6 is 0 Å². The maximum absolute atomic E-state index is 12.9. The van der Waals surface area contributed by atoms with Gasteiger partial charge in [-0.15, -0.1) is 0 Å². The SMILES string of the molecule is COc1cc([N+](=O)[O-])c2nc(C)ccc2c1Oc1cccc(C(F)(F)F)c1. The first-order valence-electron chi connectivity index (χ1n) is 7.68. The number of benzene rings is 2. The van der Waals surface area contributed by atoms with E-state index >= 15 is 0 Å². The van der Waals surface area contributed by atoms with Crippen LogP contribution in [0.25, 0.3) is 10.9 Å². The van der Waals surface area contributed by atoms with Crippen molar-refractivity contribution in [1.29, 1.82) is 0 Å². The summed E-state index contributed by atoms with van der Waals surface area (Å²) in [7, 11) is 1.28. The van der Waals surface area contributed by atoms with Gasteiger partial charge in [-0.3, -0.25) is 10.1 Å². The van der Waals surface area contributed by atoms with E-state index < -0.39 is 16.7 Å². The van der Waals surface area contributed by atoms with Gasteiger partial charge in [0, 0.05) is 5.69 Å². The molecule has 3 rings (SSSR count). The molecule has 140 valence electrons. The van der Waals surface area contributed by atoms with E-state index in [0.717, 1.165) is 18.2 Å². The molecule has 0 amide bonds. The zero-order valence-corrected chi connectivity index (χ0v) is 14.2. The molecule has 0 fully saturated rings. The maximum atomic E-state index is 12.9. The molecule has 0 N–H and O–H groups in total. The fourth-order valence-electron chi connectivity index (χ4n) is 2.58. The van der Waals surface area contributed by atoms with Crippen molar-refractivity contribution >= 4 is 16.6 Å². The predicted octanol–water partition coefficient (Wildman–Crippen LogP) is 5.27. The third-order valence-electron chi connectivity index (χ3n) is 3.81. The van der Waals surface area contributed by atoms with E-state index in [9.17, 15) is 23.3 Å². The lowest BCUT2D eigenvalue weighted by molar-refractivity contribution is -0.383. The molecule has 0 bridgehead atoms. The molecule has 0 atom stereocenters. The second kappa shape index (κ2) is 6.75. The van der Waals surface area contributed by atoms with Crippen molar-refractivity contribution in [3.63, 3.8) is 0 Å². The standard InChI is InChI=1S/C18H13F3N2O4/c1-10-6-7-13-16(22-10)14(23(24)25)9-15(26-2)17(13)27-12-5-3-4-11(8-12)18(19,20)21/h3-9H,1-2H3. The minimum Gasteiger partial charge on any atom is -0.493 e. The number of fused-ring (bicyclic) bond motifs is 1. The molecule has 1 aromatic heterocycles. The zero-order chi connectivity index (χ0) is 19.8. The fraction of sp³-hybridized carbons (Fsp3) is 0.167. The summed E-state index contributed by atoms with van der Waals surface area (Å²) in [5.41, 5.74) is -0.565. The summed E-state index contributed by atoms with van der Waals surface area (Å²) in [5.74, 6) is -0.0268. The lowest BCUT2D eigenvalue weighted by Crippen LogP contribution is -2.04. The monoisotopic (exact) mass is 378 g/mol. The molecule has 1 heterocycles. The van der Waals surface area contributed by atoms with E-state index in [2.05, 4.69) is 4.98 Å². The molecule has 0 aliphatic carbocycles. The van der Waals surface area contributed by atoms with Crippen LogP contribution in [0.2, 0.25) is 0 Å². The Labute approximate surface area is 151 Å². The van der Waals surface area contributed by atoms with Crippen molar-refractivity contribution in [2.75, 3.05) is 7.11 Å². The molecule has 3 aromatic rings. The Bertz CT molecular complexity index is 1040. The number of aromatic nitrogens is 1. The summed E-state index contributed by atoms with van der Waals surface area (Å²) in [5, 5.41) is 11.6. The highest BCUT2D eigenvalue weighted by molar-refractivity contribution is 5.95. The van der Waals surface area contributed by atoms with Crippen LogP contribution in [0.3, 0.4) is 0 Å². The van der Waals surface area contributed by atoms with E-state index in [1.165, 1.54) is 19.2 Å². The lowest BCUT2D eigenvalue weighted by atomic mass is 10.1. The largest absolute Gasteiger partial charge is 0.493 e. The number of alkyl halides is 3. The topological polar surface area (TPSA) is 74.5 Å². The number of ether oxygens (including phenoxy) is 2. The minimum atomic E-state index is -4.53. The number of non-ortho nitro benzene ring substituents is 1. The molecule has 0 radical (unpaired) electrons. The fourth-order valence-corrected chi connectivity index (χ4v) is 2.58. The van der Waals surface area contributed by atoms with Crippen molar-refractivity contribution in [3.8, 4) is 17.2 Å². The van der Waals surface area contributed by atoms with Gasteiger partial charge in [0.1, 0.15) is 5.75 Å². The van der Waals surface area contributed by atoms with Crippen molar-refractivity contribution in [2.24, 2.45) is 0 Å². The van der Waals surface area contributed by atoms with Crippen LogP contribution in [-0.4, -0.2) is 17.0 Å². The number of methoxy groups -OCH3 is 1. The van der Waals surface area contributed by atoms with E-state index in [1.807, 2.05) is 0 Å². The Morgan fingerprint density at radius 2 is 1.89 bits per heavy atom. The number of halogens is 3. The average Bonchev–Trinajstić information content (AvgIpc) is 2.61. The number of pyridine rings is 1. The van der Waals surface area contributed by atoms with Gasteiger partial charge in [-0.05, 0) is 37.3 Å². The van der Waals surface area contributed by atoms with Gasteiger partial charge in [-0.25, -0.2) is 4.98 Å². The number of nitro groups is 1. The van der Waals surface area contributed by atoms with Crippen molar-refractivity contribution in [3.05, 3.63) is 63.8 Å². The summed E-state index contributed by atoms with van der Waals surface area (Å²) in [4.78, 5) is 14.9. The van der Waals surface area contributed by atoms with Crippen LogP contribution in [0.15, 0.2) is 42.5 Å². The maximum Gasteiger partial charge on any atom is 0.416 e. The summed E-state index contributed by atoms with van der Waals surface area (Å²) >= 11 is 0. The third kappa shape index (κ3) is 3.62. The number of aryl methyl sites for hydroxylation is 1. The van der Waals surface area contributed by atoms with Gasteiger partial charge in [0.2, 0.25) is 0 Å². The highest BCUT2D eigenvalue weighted by Gasteiger charge is 2.31. The molecule has 0 aliphatic heterocycles. The highest BCUT2D eigenvalue weighted by atomic mass is 19.4. The second-order valence-corrected chi connectivity index (χ2v) is 5.66. The number of hydrogen-bond acceptors (Lipinski definition) is 5. The molecule has 6 nitrogen and oxygen atoms in total. The number of nitrogens with zero attached hydrogens (tertiary/aromatic N) is 2. The van der Waals surface area contributed by atoms with Gasteiger partial charge in [0.05, 0.1) is 29.0 Å². The second-order valence-electron chi connectivity index (χ2n) is 5.66. The smallest absolute Gasteiger partial charge is 0.416 e. The first-order valence-corrected chi connectivity index (χ1v) is 7.68. The van der Waals surface area contributed by atoms with E-state index in [4.69, 9.17) is 9.47 Å². The molecule has 9 heteroatoms. The zero-order valence-electron chi connectivity index (χ0n) is 14.2. The first-order chi connectivity index (χ1) is 12.7.